The van der Waals surface area contributed by atoms with E-state index in [0.29, 0.717) is 6.61 Å². The first-order chi connectivity index (χ1) is 11.3. The third kappa shape index (κ3) is 6.76. The number of halogens is 1. The van der Waals surface area contributed by atoms with Crippen LogP contribution in [-0.4, -0.2) is 6.54 Å². The first-order valence-corrected chi connectivity index (χ1v) is 9.24. The molecule has 0 unspecified atom stereocenters. The minimum absolute atomic E-state index is 0.591. The number of hydrogen-bond acceptors (Lipinski definition) is 2. The molecule has 0 bridgehead atoms. The lowest BCUT2D eigenvalue weighted by Gasteiger charge is -2.11. The van der Waals surface area contributed by atoms with Crippen molar-refractivity contribution in [1.29, 1.82) is 0 Å². The summed E-state index contributed by atoms with van der Waals surface area (Å²) in [7, 11) is 0. The Morgan fingerprint density at radius 1 is 0.957 bits per heavy atom. The molecule has 0 aliphatic carbocycles. The zero-order chi connectivity index (χ0) is 16.3. The van der Waals surface area contributed by atoms with E-state index in [4.69, 9.17) is 4.74 Å². The highest BCUT2D eigenvalue weighted by atomic mass is 79.9. The normalized spacial score (nSPS) is 10.7. The Morgan fingerprint density at radius 3 is 2.57 bits per heavy atom. The van der Waals surface area contributed by atoms with Gasteiger partial charge in [-0.2, -0.15) is 0 Å². The predicted octanol–water partition coefficient (Wildman–Crippen LogP) is 5.70. The lowest BCUT2D eigenvalue weighted by Crippen LogP contribution is -2.14. The molecular weight excluding hydrogens is 350 g/mol. The van der Waals surface area contributed by atoms with Crippen LogP contribution in [-0.2, 0) is 13.2 Å². The number of nitrogens with one attached hydrogen (secondary N) is 1. The van der Waals surface area contributed by atoms with Gasteiger partial charge in [-0.1, -0.05) is 62.6 Å². The molecule has 2 aromatic carbocycles. The summed E-state index contributed by atoms with van der Waals surface area (Å²) in [6.07, 6.45) is 5.18. The van der Waals surface area contributed by atoms with Crippen molar-refractivity contribution < 1.29 is 4.74 Å². The fourth-order valence-electron chi connectivity index (χ4n) is 2.41. The van der Waals surface area contributed by atoms with E-state index in [-0.39, 0.29) is 0 Å². The van der Waals surface area contributed by atoms with Gasteiger partial charge in [-0.3, -0.25) is 0 Å². The highest BCUT2D eigenvalue weighted by Gasteiger charge is 2.04. The van der Waals surface area contributed by atoms with Gasteiger partial charge in [0, 0.05) is 6.54 Å². The van der Waals surface area contributed by atoms with E-state index in [0.717, 1.165) is 23.3 Å². The fraction of sp³-hybridized carbons (Fsp3) is 0.400. The van der Waals surface area contributed by atoms with Gasteiger partial charge in [0.15, 0.2) is 0 Å². The molecule has 0 aromatic heterocycles. The molecule has 0 spiro atoms. The zero-order valence-electron chi connectivity index (χ0n) is 13.9. The van der Waals surface area contributed by atoms with Crippen molar-refractivity contribution in [2.75, 3.05) is 6.54 Å². The molecule has 23 heavy (non-hydrogen) atoms. The molecule has 0 fully saturated rings. The Hall–Kier alpha value is -1.32. The molecule has 0 aliphatic heterocycles. The summed E-state index contributed by atoms with van der Waals surface area (Å²) in [5, 5.41) is 3.51. The average molecular weight is 376 g/mol. The van der Waals surface area contributed by atoms with Gasteiger partial charge in [-0.25, -0.2) is 0 Å². The van der Waals surface area contributed by atoms with E-state index in [1.807, 2.05) is 18.2 Å². The van der Waals surface area contributed by atoms with Crippen molar-refractivity contribution in [2.24, 2.45) is 0 Å². The summed E-state index contributed by atoms with van der Waals surface area (Å²) < 4.78 is 6.95. The lowest BCUT2D eigenvalue weighted by molar-refractivity contribution is 0.304. The predicted molar refractivity (Wildman–Crippen MR) is 101 cm³/mol. The van der Waals surface area contributed by atoms with Crippen LogP contribution in [0.5, 0.6) is 5.75 Å². The van der Waals surface area contributed by atoms with E-state index in [1.54, 1.807) is 0 Å². The number of rotatable bonds is 10. The highest BCUT2D eigenvalue weighted by Crippen LogP contribution is 2.27. The van der Waals surface area contributed by atoms with Crippen LogP contribution in [0.25, 0.3) is 0 Å². The molecule has 0 heterocycles. The van der Waals surface area contributed by atoms with Crippen molar-refractivity contribution in [2.45, 2.75) is 45.8 Å². The largest absolute Gasteiger partial charge is 0.488 e. The van der Waals surface area contributed by atoms with E-state index in [1.165, 1.54) is 36.8 Å². The zero-order valence-corrected chi connectivity index (χ0v) is 15.4. The topological polar surface area (TPSA) is 21.3 Å². The van der Waals surface area contributed by atoms with Gasteiger partial charge in [0.2, 0.25) is 0 Å². The maximum Gasteiger partial charge on any atom is 0.134 e. The van der Waals surface area contributed by atoms with Crippen LogP contribution >= 0.6 is 15.9 Å². The molecule has 0 saturated heterocycles. The molecular formula is C20H26BrNO. The number of ether oxygens (including phenoxy) is 1. The van der Waals surface area contributed by atoms with Crippen molar-refractivity contribution in [3.63, 3.8) is 0 Å². The summed E-state index contributed by atoms with van der Waals surface area (Å²) >= 11 is 3.57. The first kappa shape index (κ1) is 18.0. The van der Waals surface area contributed by atoms with Gasteiger partial charge in [-0.15, -0.1) is 0 Å². The van der Waals surface area contributed by atoms with Crippen molar-refractivity contribution in [1.82, 2.24) is 5.32 Å². The Labute approximate surface area is 148 Å². The van der Waals surface area contributed by atoms with Crippen LogP contribution in [0.4, 0.5) is 0 Å². The van der Waals surface area contributed by atoms with Gasteiger partial charge < -0.3 is 10.1 Å². The molecule has 2 aromatic rings. The van der Waals surface area contributed by atoms with Crippen LogP contribution in [0.3, 0.4) is 0 Å². The highest BCUT2D eigenvalue weighted by molar-refractivity contribution is 9.10. The van der Waals surface area contributed by atoms with Gasteiger partial charge in [-0.05, 0) is 52.2 Å². The van der Waals surface area contributed by atoms with Gasteiger partial charge in [0.25, 0.3) is 0 Å². The molecule has 0 atom stereocenters. The Bertz CT molecular complexity index is 571. The van der Waals surface area contributed by atoms with Crippen LogP contribution < -0.4 is 10.1 Å². The van der Waals surface area contributed by atoms with Gasteiger partial charge >= 0.3 is 0 Å². The summed E-state index contributed by atoms with van der Waals surface area (Å²) in [6, 6.07) is 16.6. The van der Waals surface area contributed by atoms with E-state index in [9.17, 15) is 0 Å². The summed E-state index contributed by atoms with van der Waals surface area (Å²) in [5.74, 6) is 0.902. The summed E-state index contributed by atoms with van der Waals surface area (Å²) in [5.41, 5.74) is 2.44. The Kier molecular flexibility index (Phi) is 8.19. The third-order valence-corrected chi connectivity index (χ3v) is 4.42. The Balaban J connectivity index is 1.81. The smallest absolute Gasteiger partial charge is 0.134 e. The van der Waals surface area contributed by atoms with Crippen LogP contribution in [0.1, 0.15) is 43.7 Å². The van der Waals surface area contributed by atoms with Crippen molar-refractivity contribution >= 4 is 15.9 Å². The van der Waals surface area contributed by atoms with Crippen LogP contribution in [0.15, 0.2) is 53.0 Å². The Morgan fingerprint density at radius 2 is 1.78 bits per heavy atom. The standard InChI is InChI=1S/C20H26BrNO/c1-2-3-4-8-13-22-15-18-11-12-19(21)20(14-18)23-16-17-9-6-5-7-10-17/h5-7,9-12,14,22H,2-4,8,13,15-16H2,1H3. The molecule has 0 saturated carbocycles. The minimum atomic E-state index is 0.591. The SMILES string of the molecule is CCCCCCNCc1ccc(Br)c(OCc2ccccc2)c1. The molecule has 2 nitrogen and oxygen atoms in total. The maximum atomic E-state index is 5.95. The van der Waals surface area contributed by atoms with Crippen molar-refractivity contribution in [3.8, 4) is 5.75 Å². The molecule has 2 rings (SSSR count). The number of benzene rings is 2. The number of hydrogen-bond donors (Lipinski definition) is 1. The van der Waals surface area contributed by atoms with Crippen molar-refractivity contribution in [3.05, 3.63) is 64.1 Å². The summed E-state index contributed by atoms with van der Waals surface area (Å²) in [4.78, 5) is 0. The fourth-order valence-corrected chi connectivity index (χ4v) is 2.77. The molecule has 3 heteroatoms. The molecule has 0 aliphatic rings. The first-order valence-electron chi connectivity index (χ1n) is 8.45. The van der Waals surface area contributed by atoms with Gasteiger partial charge in [0.05, 0.1) is 4.47 Å². The lowest BCUT2D eigenvalue weighted by atomic mass is 10.2. The average Bonchev–Trinajstić information content (AvgIpc) is 2.59. The van der Waals surface area contributed by atoms with E-state index >= 15 is 0 Å². The molecule has 0 radical (unpaired) electrons. The van der Waals surface area contributed by atoms with Crippen LogP contribution in [0.2, 0.25) is 0 Å². The second kappa shape index (κ2) is 10.5. The maximum absolute atomic E-state index is 5.95. The second-order valence-electron chi connectivity index (χ2n) is 5.78. The summed E-state index contributed by atoms with van der Waals surface area (Å²) in [6.45, 7) is 4.80. The van der Waals surface area contributed by atoms with Gasteiger partial charge in [0.1, 0.15) is 12.4 Å². The number of unbranched alkanes of at least 4 members (excludes halogenated alkanes) is 3. The minimum Gasteiger partial charge on any atom is -0.488 e. The third-order valence-electron chi connectivity index (χ3n) is 3.77. The van der Waals surface area contributed by atoms with E-state index < -0.39 is 0 Å². The van der Waals surface area contributed by atoms with Crippen LogP contribution in [0, 0.1) is 0 Å². The molecule has 0 amide bonds. The molecule has 1 N–H and O–H groups in total. The molecule has 124 valence electrons. The second-order valence-corrected chi connectivity index (χ2v) is 6.63. The monoisotopic (exact) mass is 375 g/mol. The van der Waals surface area contributed by atoms with E-state index in [2.05, 4.69) is 58.5 Å². The quantitative estimate of drug-likeness (QED) is 0.537.